The number of ether oxygens (including phenoxy) is 1. The molecule has 2 aromatic rings. The first-order valence-electron chi connectivity index (χ1n) is 5.72. The Morgan fingerprint density at radius 1 is 1.25 bits per heavy atom. The quantitative estimate of drug-likeness (QED) is 0.692. The van der Waals surface area contributed by atoms with Crippen molar-refractivity contribution in [2.75, 3.05) is 12.4 Å². The van der Waals surface area contributed by atoms with E-state index in [-0.39, 0.29) is 5.91 Å². The molecule has 1 heterocycles. The van der Waals surface area contributed by atoms with Gasteiger partial charge in [-0.05, 0) is 40.2 Å². The minimum atomic E-state index is -0.503. The van der Waals surface area contributed by atoms with Gasteiger partial charge in [-0.25, -0.2) is 9.78 Å². The summed E-state index contributed by atoms with van der Waals surface area (Å²) in [6, 6.07) is 9.83. The van der Waals surface area contributed by atoms with Gasteiger partial charge in [0.2, 0.25) is 0 Å². The van der Waals surface area contributed by atoms with Crippen LogP contribution in [0.4, 0.5) is 5.69 Å². The lowest BCUT2D eigenvalue weighted by Gasteiger charge is -2.09. The van der Waals surface area contributed by atoms with Crippen molar-refractivity contribution in [1.82, 2.24) is 4.98 Å². The van der Waals surface area contributed by atoms with Crippen molar-refractivity contribution < 1.29 is 14.3 Å². The number of para-hydroxylation sites is 1. The van der Waals surface area contributed by atoms with Crippen LogP contribution in [0.2, 0.25) is 0 Å². The zero-order chi connectivity index (χ0) is 14.5. The number of hydrogen-bond donors (Lipinski definition) is 1. The van der Waals surface area contributed by atoms with Crippen molar-refractivity contribution >= 4 is 33.5 Å². The second kappa shape index (κ2) is 6.29. The second-order valence-electron chi connectivity index (χ2n) is 3.86. The number of rotatable bonds is 3. The summed E-state index contributed by atoms with van der Waals surface area (Å²) in [6.45, 7) is 0. The zero-order valence-electron chi connectivity index (χ0n) is 10.6. The lowest BCUT2D eigenvalue weighted by molar-refractivity contribution is 0.0602. The molecule has 0 saturated heterocycles. The lowest BCUT2D eigenvalue weighted by Crippen LogP contribution is -2.15. The number of pyridine rings is 1. The highest BCUT2D eigenvalue weighted by molar-refractivity contribution is 9.10. The number of hydrogen-bond acceptors (Lipinski definition) is 4. The molecule has 102 valence electrons. The number of carbonyl (C=O) groups excluding carboxylic acids is 2. The van der Waals surface area contributed by atoms with E-state index in [9.17, 15) is 9.59 Å². The highest BCUT2D eigenvalue weighted by Gasteiger charge is 2.14. The Kier molecular flexibility index (Phi) is 4.47. The van der Waals surface area contributed by atoms with Crippen LogP contribution in [-0.2, 0) is 4.74 Å². The minimum absolute atomic E-state index is 0.302. The molecule has 0 spiro atoms. The standard InChI is InChI=1S/C14H11BrN2O3/c1-20-14(19)10-4-2-3-5-11(10)17-13(18)9-6-7-16-12(15)8-9/h2-8H,1H3,(H,17,18). The average Bonchev–Trinajstić information content (AvgIpc) is 2.47. The fourth-order valence-electron chi connectivity index (χ4n) is 1.62. The average molecular weight is 335 g/mol. The zero-order valence-corrected chi connectivity index (χ0v) is 12.2. The molecule has 6 heteroatoms. The van der Waals surface area contributed by atoms with Gasteiger partial charge in [0.25, 0.3) is 5.91 Å². The molecule has 0 unspecified atom stereocenters. The molecular formula is C14H11BrN2O3. The third-order valence-electron chi connectivity index (χ3n) is 2.57. The summed E-state index contributed by atoms with van der Waals surface area (Å²) in [7, 11) is 1.29. The van der Waals surface area contributed by atoms with E-state index < -0.39 is 5.97 Å². The van der Waals surface area contributed by atoms with Crippen molar-refractivity contribution in [3.05, 3.63) is 58.3 Å². The number of benzene rings is 1. The van der Waals surface area contributed by atoms with Crippen molar-refractivity contribution in [1.29, 1.82) is 0 Å². The molecule has 1 amide bonds. The minimum Gasteiger partial charge on any atom is -0.465 e. The Bertz CT molecular complexity index is 658. The molecule has 0 aliphatic heterocycles. The highest BCUT2D eigenvalue weighted by Crippen LogP contribution is 2.17. The normalized spacial score (nSPS) is 9.90. The Balaban J connectivity index is 2.26. The largest absolute Gasteiger partial charge is 0.465 e. The van der Waals surface area contributed by atoms with Crippen molar-refractivity contribution in [3.8, 4) is 0 Å². The van der Waals surface area contributed by atoms with Crippen LogP contribution in [0.3, 0.4) is 0 Å². The third kappa shape index (κ3) is 3.21. The maximum atomic E-state index is 12.1. The van der Waals surface area contributed by atoms with Crippen LogP contribution in [0.1, 0.15) is 20.7 Å². The molecule has 0 bridgehead atoms. The third-order valence-corrected chi connectivity index (χ3v) is 3.00. The van der Waals surface area contributed by atoms with Gasteiger partial charge in [0.05, 0.1) is 18.4 Å². The Hall–Kier alpha value is -2.21. The summed E-state index contributed by atoms with van der Waals surface area (Å²) in [5, 5.41) is 2.68. The van der Waals surface area contributed by atoms with Gasteiger partial charge >= 0.3 is 5.97 Å². The van der Waals surface area contributed by atoms with E-state index in [1.165, 1.54) is 13.3 Å². The predicted octanol–water partition coefficient (Wildman–Crippen LogP) is 2.88. The monoisotopic (exact) mass is 334 g/mol. The fraction of sp³-hybridized carbons (Fsp3) is 0.0714. The van der Waals surface area contributed by atoms with Gasteiger partial charge in [0, 0.05) is 11.8 Å². The summed E-state index contributed by atoms with van der Waals surface area (Å²) >= 11 is 3.20. The number of nitrogens with one attached hydrogen (secondary N) is 1. The number of halogens is 1. The van der Waals surface area contributed by atoms with Gasteiger partial charge in [0.1, 0.15) is 4.60 Å². The fourth-order valence-corrected chi connectivity index (χ4v) is 1.98. The van der Waals surface area contributed by atoms with E-state index >= 15 is 0 Å². The number of amides is 1. The first-order valence-corrected chi connectivity index (χ1v) is 6.51. The van der Waals surface area contributed by atoms with Crippen LogP contribution in [0.5, 0.6) is 0 Å². The number of esters is 1. The smallest absolute Gasteiger partial charge is 0.339 e. The number of aromatic nitrogens is 1. The molecule has 2 rings (SSSR count). The molecule has 1 aromatic heterocycles. The van der Waals surface area contributed by atoms with Crippen LogP contribution >= 0.6 is 15.9 Å². The number of nitrogens with zero attached hydrogens (tertiary/aromatic N) is 1. The molecule has 0 fully saturated rings. The van der Waals surface area contributed by atoms with E-state index in [2.05, 4.69) is 31.0 Å². The van der Waals surface area contributed by atoms with E-state index in [1.807, 2.05) is 0 Å². The molecule has 1 aromatic carbocycles. The molecule has 0 radical (unpaired) electrons. The van der Waals surface area contributed by atoms with Crippen LogP contribution in [-0.4, -0.2) is 24.0 Å². The van der Waals surface area contributed by atoms with Gasteiger partial charge in [0.15, 0.2) is 0 Å². The number of methoxy groups -OCH3 is 1. The van der Waals surface area contributed by atoms with E-state index in [4.69, 9.17) is 0 Å². The van der Waals surface area contributed by atoms with Crippen LogP contribution in [0, 0.1) is 0 Å². The number of anilines is 1. The summed E-state index contributed by atoms with van der Waals surface area (Å²) in [5.74, 6) is -0.832. The first kappa shape index (κ1) is 14.2. The molecule has 1 N–H and O–H groups in total. The van der Waals surface area contributed by atoms with Gasteiger partial charge in [-0.2, -0.15) is 0 Å². The molecule has 5 nitrogen and oxygen atoms in total. The van der Waals surface area contributed by atoms with Crippen molar-refractivity contribution in [2.45, 2.75) is 0 Å². The van der Waals surface area contributed by atoms with E-state index in [1.54, 1.807) is 36.4 Å². The van der Waals surface area contributed by atoms with E-state index in [0.29, 0.717) is 21.4 Å². The van der Waals surface area contributed by atoms with Gasteiger partial charge < -0.3 is 10.1 Å². The van der Waals surface area contributed by atoms with Crippen LogP contribution in [0.25, 0.3) is 0 Å². The second-order valence-corrected chi connectivity index (χ2v) is 4.67. The summed E-state index contributed by atoms with van der Waals surface area (Å²) in [6.07, 6.45) is 1.52. The topological polar surface area (TPSA) is 68.3 Å². The predicted molar refractivity (Wildman–Crippen MR) is 77.7 cm³/mol. The van der Waals surface area contributed by atoms with Crippen LogP contribution in [0.15, 0.2) is 47.2 Å². The molecule has 0 aliphatic rings. The maximum Gasteiger partial charge on any atom is 0.339 e. The molecular weight excluding hydrogens is 324 g/mol. The summed E-state index contributed by atoms with van der Waals surface area (Å²) in [4.78, 5) is 27.7. The molecule has 0 saturated carbocycles. The lowest BCUT2D eigenvalue weighted by atomic mass is 10.1. The summed E-state index contributed by atoms with van der Waals surface area (Å²) < 4.78 is 5.24. The SMILES string of the molecule is COC(=O)c1ccccc1NC(=O)c1ccnc(Br)c1. The van der Waals surface area contributed by atoms with Crippen molar-refractivity contribution in [2.24, 2.45) is 0 Å². The first-order chi connectivity index (χ1) is 9.61. The Morgan fingerprint density at radius 3 is 2.70 bits per heavy atom. The van der Waals surface area contributed by atoms with Gasteiger partial charge in [-0.3, -0.25) is 4.79 Å². The van der Waals surface area contributed by atoms with Crippen molar-refractivity contribution in [3.63, 3.8) is 0 Å². The Morgan fingerprint density at radius 2 is 2.00 bits per heavy atom. The molecule has 20 heavy (non-hydrogen) atoms. The number of carbonyl (C=O) groups is 2. The molecule has 0 aliphatic carbocycles. The Labute approximate surface area is 124 Å². The van der Waals surface area contributed by atoms with Gasteiger partial charge in [-0.15, -0.1) is 0 Å². The highest BCUT2D eigenvalue weighted by atomic mass is 79.9. The summed E-state index contributed by atoms with van der Waals surface area (Å²) in [5.41, 5.74) is 1.14. The van der Waals surface area contributed by atoms with Crippen LogP contribution < -0.4 is 5.32 Å². The maximum absolute atomic E-state index is 12.1. The van der Waals surface area contributed by atoms with Gasteiger partial charge in [-0.1, -0.05) is 12.1 Å². The van der Waals surface area contributed by atoms with E-state index in [0.717, 1.165) is 0 Å². The molecule has 0 atom stereocenters.